The topological polar surface area (TPSA) is 56.5 Å². The van der Waals surface area contributed by atoms with Crippen LogP contribution >= 0.6 is 23.5 Å². The molecule has 19 heavy (non-hydrogen) atoms. The summed E-state index contributed by atoms with van der Waals surface area (Å²) in [5.41, 5.74) is 4.06. The van der Waals surface area contributed by atoms with E-state index < -0.39 is 0 Å². The standard InChI is InChI=1S/C13H20N2O2S2/c1-16-10-5-9(6-11(7-10)17-2)13(15-14)12-8-18-3-4-19-12/h5-7,12-13,15H,3-4,8,14H2,1-2H3. The Morgan fingerprint density at radius 1 is 1.21 bits per heavy atom. The number of thioether (sulfide) groups is 2. The van der Waals surface area contributed by atoms with Crippen molar-refractivity contribution in [1.29, 1.82) is 0 Å². The smallest absolute Gasteiger partial charge is 0.122 e. The van der Waals surface area contributed by atoms with Crippen LogP contribution < -0.4 is 20.7 Å². The predicted molar refractivity (Wildman–Crippen MR) is 83.2 cm³/mol. The van der Waals surface area contributed by atoms with Crippen LogP contribution in [0, 0.1) is 0 Å². The summed E-state index contributed by atoms with van der Waals surface area (Å²) < 4.78 is 10.6. The maximum Gasteiger partial charge on any atom is 0.122 e. The van der Waals surface area contributed by atoms with E-state index in [1.165, 1.54) is 11.5 Å². The lowest BCUT2D eigenvalue weighted by molar-refractivity contribution is 0.391. The molecule has 0 amide bonds. The number of ether oxygens (including phenoxy) is 2. The molecule has 1 aromatic rings. The molecule has 0 bridgehead atoms. The van der Waals surface area contributed by atoms with Gasteiger partial charge in [-0.15, -0.1) is 0 Å². The molecule has 0 aliphatic carbocycles. The third kappa shape index (κ3) is 3.72. The Morgan fingerprint density at radius 3 is 2.37 bits per heavy atom. The van der Waals surface area contributed by atoms with E-state index in [0.717, 1.165) is 22.8 Å². The quantitative estimate of drug-likeness (QED) is 0.641. The van der Waals surface area contributed by atoms with Gasteiger partial charge in [-0.3, -0.25) is 11.3 Å². The van der Waals surface area contributed by atoms with Gasteiger partial charge in [0.1, 0.15) is 11.5 Å². The van der Waals surface area contributed by atoms with Gasteiger partial charge in [-0.25, -0.2) is 0 Å². The molecule has 1 fully saturated rings. The van der Waals surface area contributed by atoms with E-state index >= 15 is 0 Å². The van der Waals surface area contributed by atoms with Crippen LogP contribution in [0.3, 0.4) is 0 Å². The van der Waals surface area contributed by atoms with Crippen LogP contribution in [-0.4, -0.2) is 36.7 Å². The van der Waals surface area contributed by atoms with E-state index in [4.69, 9.17) is 15.3 Å². The van der Waals surface area contributed by atoms with Gasteiger partial charge in [0.25, 0.3) is 0 Å². The van der Waals surface area contributed by atoms with Crippen molar-refractivity contribution in [2.75, 3.05) is 31.5 Å². The molecule has 1 heterocycles. The van der Waals surface area contributed by atoms with Crippen molar-refractivity contribution in [3.63, 3.8) is 0 Å². The third-order valence-electron chi connectivity index (χ3n) is 3.13. The summed E-state index contributed by atoms with van der Waals surface area (Å²) >= 11 is 3.96. The summed E-state index contributed by atoms with van der Waals surface area (Å²) in [6.45, 7) is 0. The monoisotopic (exact) mass is 300 g/mol. The summed E-state index contributed by atoms with van der Waals surface area (Å²) in [4.78, 5) is 0. The van der Waals surface area contributed by atoms with Crippen LogP contribution in [0.4, 0.5) is 0 Å². The van der Waals surface area contributed by atoms with E-state index in [0.29, 0.717) is 5.25 Å². The number of hydrogen-bond acceptors (Lipinski definition) is 6. The van der Waals surface area contributed by atoms with Gasteiger partial charge >= 0.3 is 0 Å². The maximum atomic E-state index is 5.76. The second kappa shape index (κ2) is 7.28. The Kier molecular flexibility index (Phi) is 5.69. The number of benzene rings is 1. The van der Waals surface area contributed by atoms with Crippen LogP contribution in [0.25, 0.3) is 0 Å². The van der Waals surface area contributed by atoms with Gasteiger partial charge < -0.3 is 9.47 Å². The molecule has 1 saturated heterocycles. The summed E-state index contributed by atoms with van der Waals surface area (Å²) in [7, 11) is 3.32. The summed E-state index contributed by atoms with van der Waals surface area (Å²) in [6.07, 6.45) is 0. The van der Waals surface area contributed by atoms with Crippen LogP contribution in [0.2, 0.25) is 0 Å². The molecule has 1 aliphatic heterocycles. The Bertz CT molecular complexity index is 389. The molecule has 2 atom stereocenters. The first-order valence-corrected chi connectivity index (χ1v) is 8.37. The molecule has 2 unspecified atom stereocenters. The number of hydrogen-bond donors (Lipinski definition) is 2. The van der Waals surface area contributed by atoms with Crippen LogP contribution in [0.1, 0.15) is 11.6 Å². The highest BCUT2D eigenvalue weighted by Crippen LogP contribution is 2.35. The second-order valence-corrected chi connectivity index (χ2v) is 6.77. The number of nitrogens with one attached hydrogen (secondary N) is 1. The van der Waals surface area contributed by atoms with E-state index in [-0.39, 0.29) is 6.04 Å². The Balaban J connectivity index is 2.25. The lowest BCUT2D eigenvalue weighted by atomic mass is 10.0. The van der Waals surface area contributed by atoms with Gasteiger partial charge in [-0.1, -0.05) is 0 Å². The van der Waals surface area contributed by atoms with Gasteiger partial charge in [0.2, 0.25) is 0 Å². The van der Waals surface area contributed by atoms with Crippen molar-refractivity contribution in [2.24, 2.45) is 5.84 Å². The zero-order chi connectivity index (χ0) is 13.7. The van der Waals surface area contributed by atoms with Crippen LogP contribution in [-0.2, 0) is 0 Å². The highest BCUT2D eigenvalue weighted by atomic mass is 32.2. The molecule has 2 rings (SSSR count). The fourth-order valence-corrected chi connectivity index (χ4v) is 4.98. The van der Waals surface area contributed by atoms with Crippen molar-refractivity contribution in [2.45, 2.75) is 11.3 Å². The van der Waals surface area contributed by atoms with Gasteiger partial charge in [0.15, 0.2) is 0 Å². The molecular formula is C13H20N2O2S2. The molecule has 4 nitrogen and oxygen atoms in total. The molecular weight excluding hydrogens is 280 g/mol. The first kappa shape index (κ1) is 14.8. The second-order valence-electron chi connectivity index (χ2n) is 4.27. The van der Waals surface area contributed by atoms with Crippen molar-refractivity contribution in [3.05, 3.63) is 23.8 Å². The van der Waals surface area contributed by atoms with Crippen LogP contribution in [0.15, 0.2) is 18.2 Å². The zero-order valence-corrected chi connectivity index (χ0v) is 12.9. The summed E-state index contributed by atoms with van der Waals surface area (Å²) in [5, 5.41) is 0.473. The normalized spacial score (nSPS) is 20.9. The third-order valence-corrected chi connectivity index (χ3v) is 5.99. The fourth-order valence-electron chi connectivity index (χ4n) is 2.13. The van der Waals surface area contributed by atoms with Gasteiger partial charge in [-0.2, -0.15) is 23.5 Å². The van der Waals surface area contributed by atoms with E-state index in [1.807, 2.05) is 41.7 Å². The van der Waals surface area contributed by atoms with Crippen molar-refractivity contribution in [1.82, 2.24) is 5.43 Å². The lowest BCUT2D eigenvalue weighted by Gasteiger charge is -2.29. The van der Waals surface area contributed by atoms with Crippen molar-refractivity contribution < 1.29 is 9.47 Å². The Morgan fingerprint density at radius 2 is 1.89 bits per heavy atom. The SMILES string of the molecule is COc1cc(OC)cc(C(NN)C2CSCCS2)c1. The zero-order valence-electron chi connectivity index (χ0n) is 11.2. The molecule has 1 aliphatic rings. The average molecular weight is 300 g/mol. The largest absolute Gasteiger partial charge is 0.497 e. The summed E-state index contributed by atoms with van der Waals surface area (Å²) in [5.74, 6) is 10.9. The molecule has 0 saturated carbocycles. The molecule has 0 spiro atoms. The number of rotatable bonds is 5. The van der Waals surface area contributed by atoms with E-state index in [2.05, 4.69) is 5.43 Å². The number of hydrazine groups is 1. The fraction of sp³-hybridized carbons (Fsp3) is 0.538. The van der Waals surface area contributed by atoms with Crippen molar-refractivity contribution in [3.8, 4) is 11.5 Å². The molecule has 6 heteroatoms. The minimum absolute atomic E-state index is 0.113. The lowest BCUT2D eigenvalue weighted by Crippen LogP contribution is -2.37. The van der Waals surface area contributed by atoms with Gasteiger partial charge in [-0.05, 0) is 17.7 Å². The number of methoxy groups -OCH3 is 2. The average Bonchev–Trinajstić information content (AvgIpc) is 2.48. The molecule has 3 N–H and O–H groups in total. The van der Waals surface area contributed by atoms with Gasteiger partial charge in [0, 0.05) is 28.6 Å². The Hall–Kier alpha value is -0.560. The van der Waals surface area contributed by atoms with E-state index in [9.17, 15) is 0 Å². The summed E-state index contributed by atoms with van der Waals surface area (Å²) in [6, 6.07) is 6.03. The first-order valence-electron chi connectivity index (χ1n) is 6.17. The maximum absolute atomic E-state index is 5.76. The molecule has 106 valence electrons. The highest BCUT2D eigenvalue weighted by molar-refractivity contribution is 8.06. The van der Waals surface area contributed by atoms with E-state index in [1.54, 1.807) is 14.2 Å². The van der Waals surface area contributed by atoms with Crippen molar-refractivity contribution >= 4 is 23.5 Å². The number of nitrogens with two attached hydrogens (primary N) is 1. The van der Waals surface area contributed by atoms with Gasteiger partial charge in [0.05, 0.1) is 20.3 Å². The minimum atomic E-state index is 0.113. The van der Waals surface area contributed by atoms with Crippen LogP contribution in [0.5, 0.6) is 11.5 Å². The molecule has 0 aromatic heterocycles. The molecule has 0 radical (unpaired) electrons. The first-order chi connectivity index (χ1) is 9.28. The predicted octanol–water partition coefficient (Wildman–Crippen LogP) is 2.06. The molecule has 1 aromatic carbocycles. The highest BCUT2D eigenvalue weighted by Gasteiger charge is 2.26. The Labute approximate surface area is 122 Å². The minimum Gasteiger partial charge on any atom is -0.497 e.